The largest absolute Gasteiger partial charge is 0.381 e. The van der Waals surface area contributed by atoms with Crippen molar-refractivity contribution in [3.63, 3.8) is 0 Å². The van der Waals surface area contributed by atoms with Crippen LogP contribution in [0.5, 0.6) is 0 Å². The summed E-state index contributed by atoms with van der Waals surface area (Å²) >= 11 is 0. The Morgan fingerprint density at radius 3 is 2.71 bits per heavy atom. The zero-order valence-corrected chi connectivity index (χ0v) is 13.6. The van der Waals surface area contributed by atoms with Crippen molar-refractivity contribution in [2.75, 3.05) is 39.4 Å². The molecule has 1 unspecified atom stereocenters. The summed E-state index contributed by atoms with van der Waals surface area (Å²) in [5.41, 5.74) is 0. The third-order valence-corrected chi connectivity index (χ3v) is 4.56. The number of piperidine rings is 1. The van der Waals surface area contributed by atoms with Crippen molar-refractivity contribution in [2.45, 2.75) is 51.6 Å². The minimum Gasteiger partial charge on any atom is -0.381 e. The quantitative estimate of drug-likeness (QED) is 0.768. The summed E-state index contributed by atoms with van der Waals surface area (Å²) < 4.78 is 5.33. The molecule has 0 aromatic heterocycles. The lowest BCUT2D eigenvalue weighted by Crippen LogP contribution is -2.48. The topological polar surface area (TPSA) is 53.6 Å². The van der Waals surface area contributed by atoms with E-state index in [1.807, 2.05) is 0 Å². The molecular weight excluding hydrogens is 266 g/mol. The van der Waals surface area contributed by atoms with Crippen molar-refractivity contribution in [3.8, 4) is 0 Å². The second-order valence-corrected chi connectivity index (χ2v) is 6.69. The Kier molecular flexibility index (Phi) is 6.93. The standard InChI is InChI=1S/C16H31N3O2/c1-13(2)19(11-14-4-3-7-17-10-14)12-16(20)18-15-5-8-21-9-6-15/h13-15,17H,3-12H2,1-2H3,(H,18,20). The van der Waals surface area contributed by atoms with Gasteiger partial charge in [0.25, 0.3) is 0 Å². The van der Waals surface area contributed by atoms with Gasteiger partial charge in [-0.05, 0) is 58.5 Å². The van der Waals surface area contributed by atoms with E-state index >= 15 is 0 Å². The fourth-order valence-corrected chi connectivity index (χ4v) is 3.17. The Morgan fingerprint density at radius 1 is 1.33 bits per heavy atom. The van der Waals surface area contributed by atoms with E-state index in [2.05, 4.69) is 29.4 Å². The molecule has 122 valence electrons. The molecule has 2 heterocycles. The zero-order valence-electron chi connectivity index (χ0n) is 13.6. The molecule has 2 N–H and O–H groups in total. The average molecular weight is 297 g/mol. The van der Waals surface area contributed by atoms with Crippen LogP contribution in [0.3, 0.4) is 0 Å². The lowest BCUT2D eigenvalue weighted by molar-refractivity contribution is -0.124. The summed E-state index contributed by atoms with van der Waals surface area (Å²) in [6, 6.07) is 0.712. The van der Waals surface area contributed by atoms with Crippen LogP contribution in [0.2, 0.25) is 0 Å². The average Bonchev–Trinajstić information content (AvgIpc) is 2.48. The number of carbonyl (C=O) groups excluding carboxylic acids is 1. The third-order valence-electron chi connectivity index (χ3n) is 4.56. The highest BCUT2D eigenvalue weighted by Gasteiger charge is 2.22. The Bertz CT molecular complexity index is 311. The number of nitrogens with one attached hydrogen (secondary N) is 2. The molecule has 0 spiro atoms. The Labute approximate surface area is 128 Å². The van der Waals surface area contributed by atoms with Crippen LogP contribution >= 0.6 is 0 Å². The highest BCUT2D eigenvalue weighted by Crippen LogP contribution is 2.13. The van der Waals surface area contributed by atoms with Gasteiger partial charge in [0.15, 0.2) is 0 Å². The minimum atomic E-state index is 0.166. The number of rotatable bonds is 6. The number of amides is 1. The molecule has 0 aromatic carbocycles. The predicted molar refractivity (Wildman–Crippen MR) is 84.3 cm³/mol. The molecule has 5 heteroatoms. The van der Waals surface area contributed by atoms with E-state index in [4.69, 9.17) is 4.74 Å². The van der Waals surface area contributed by atoms with E-state index < -0.39 is 0 Å². The van der Waals surface area contributed by atoms with Crippen LogP contribution in [-0.4, -0.2) is 62.3 Å². The maximum Gasteiger partial charge on any atom is 0.234 e. The molecule has 0 saturated carbocycles. The van der Waals surface area contributed by atoms with Gasteiger partial charge in [0.2, 0.25) is 5.91 Å². The van der Waals surface area contributed by atoms with Gasteiger partial charge in [-0.3, -0.25) is 9.69 Å². The SMILES string of the molecule is CC(C)N(CC(=O)NC1CCOCC1)CC1CCCNC1. The number of ether oxygens (including phenoxy) is 1. The van der Waals surface area contributed by atoms with E-state index in [0.717, 1.165) is 45.7 Å². The molecule has 0 aliphatic carbocycles. The Balaban J connectivity index is 1.76. The van der Waals surface area contributed by atoms with Crippen LogP contribution in [0.25, 0.3) is 0 Å². The van der Waals surface area contributed by atoms with Crippen LogP contribution in [-0.2, 0) is 9.53 Å². The van der Waals surface area contributed by atoms with Gasteiger partial charge in [-0.15, -0.1) is 0 Å². The molecular formula is C16H31N3O2. The molecule has 0 radical (unpaired) electrons. The molecule has 1 atom stereocenters. The Hall–Kier alpha value is -0.650. The number of hydrogen-bond donors (Lipinski definition) is 2. The summed E-state index contributed by atoms with van der Waals surface area (Å²) in [5, 5.41) is 6.62. The first kappa shape index (κ1) is 16.7. The zero-order chi connectivity index (χ0) is 15.1. The van der Waals surface area contributed by atoms with Crippen molar-refractivity contribution in [1.82, 2.24) is 15.5 Å². The van der Waals surface area contributed by atoms with Crippen molar-refractivity contribution in [3.05, 3.63) is 0 Å². The van der Waals surface area contributed by atoms with Gasteiger partial charge in [0.1, 0.15) is 0 Å². The van der Waals surface area contributed by atoms with Gasteiger partial charge in [-0.2, -0.15) is 0 Å². The maximum absolute atomic E-state index is 12.3. The highest BCUT2D eigenvalue weighted by atomic mass is 16.5. The first-order valence-corrected chi connectivity index (χ1v) is 8.47. The molecule has 1 amide bonds. The molecule has 5 nitrogen and oxygen atoms in total. The summed E-state index contributed by atoms with van der Waals surface area (Å²) in [6.45, 7) is 9.67. The van der Waals surface area contributed by atoms with Crippen LogP contribution in [0.15, 0.2) is 0 Å². The van der Waals surface area contributed by atoms with E-state index in [1.165, 1.54) is 12.8 Å². The number of nitrogens with zero attached hydrogens (tertiary/aromatic N) is 1. The smallest absolute Gasteiger partial charge is 0.234 e. The monoisotopic (exact) mass is 297 g/mol. The second-order valence-electron chi connectivity index (χ2n) is 6.69. The fourth-order valence-electron chi connectivity index (χ4n) is 3.17. The highest BCUT2D eigenvalue weighted by molar-refractivity contribution is 5.78. The van der Waals surface area contributed by atoms with Gasteiger partial charge >= 0.3 is 0 Å². The summed E-state index contributed by atoms with van der Waals surface area (Å²) in [4.78, 5) is 14.6. The van der Waals surface area contributed by atoms with Crippen molar-refractivity contribution in [2.24, 2.45) is 5.92 Å². The Morgan fingerprint density at radius 2 is 2.10 bits per heavy atom. The molecule has 2 fully saturated rings. The van der Waals surface area contributed by atoms with Gasteiger partial charge in [-0.25, -0.2) is 0 Å². The van der Waals surface area contributed by atoms with E-state index in [9.17, 15) is 4.79 Å². The summed E-state index contributed by atoms with van der Waals surface area (Å²) in [6.07, 6.45) is 4.42. The lowest BCUT2D eigenvalue weighted by atomic mass is 9.98. The van der Waals surface area contributed by atoms with Crippen molar-refractivity contribution in [1.29, 1.82) is 0 Å². The predicted octanol–water partition coefficient (Wildman–Crippen LogP) is 0.992. The second kappa shape index (κ2) is 8.71. The van der Waals surface area contributed by atoms with Gasteiger partial charge in [0, 0.05) is 31.8 Å². The van der Waals surface area contributed by atoms with Gasteiger partial charge in [0.05, 0.1) is 6.54 Å². The normalized spacial score (nSPS) is 24.5. The molecule has 2 aliphatic heterocycles. The number of hydrogen-bond acceptors (Lipinski definition) is 4. The van der Waals surface area contributed by atoms with Crippen molar-refractivity contribution >= 4 is 5.91 Å². The molecule has 2 saturated heterocycles. The molecule has 0 aromatic rings. The lowest BCUT2D eigenvalue weighted by Gasteiger charge is -2.33. The van der Waals surface area contributed by atoms with Gasteiger partial charge in [-0.1, -0.05) is 0 Å². The van der Waals surface area contributed by atoms with Crippen molar-refractivity contribution < 1.29 is 9.53 Å². The molecule has 2 rings (SSSR count). The van der Waals surface area contributed by atoms with Crippen LogP contribution in [0.1, 0.15) is 39.5 Å². The van der Waals surface area contributed by atoms with E-state index in [-0.39, 0.29) is 5.91 Å². The summed E-state index contributed by atoms with van der Waals surface area (Å²) in [5.74, 6) is 0.844. The first-order chi connectivity index (χ1) is 10.1. The summed E-state index contributed by atoms with van der Waals surface area (Å²) in [7, 11) is 0. The van der Waals surface area contributed by atoms with E-state index in [0.29, 0.717) is 24.5 Å². The first-order valence-electron chi connectivity index (χ1n) is 8.47. The van der Waals surface area contributed by atoms with Gasteiger partial charge < -0.3 is 15.4 Å². The van der Waals surface area contributed by atoms with Crippen LogP contribution in [0, 0.1) is 5.92 Å². The number of carbonyl (C=O) groups is 1. The van der Waals surface area contributed by atoms with E-state index in [1.54, 1.807) is 0 Å². The minimum absolute atomic E-state index is 0.166. The van der Waals surface area contributed by atoms with Crippen LogP contribution < -0.4 is 10.6 Å². The maximum atomic E-state index is 12.3. The third kappa shape index (κ3) is 5.93. The molecule has 0 bridgehead atoms. The fraction of sp³-hybridized carbons (Fsp3) is 0.938. The molecule has 21 heavy (non-hydrogen) atoms. The molecule has 2 aliphatic rings. The van der Waals surface area contributed by atoms with Crippen LogP contribution in [0.4, 0.5) is 0 Å².